The van der Waals surface area contributed by atoms with Gasteiger partial charge in [0.05, 0.1) is 31.5 Å². The highest BCUT2D eigenvalue weighted by Gasteiger charge is 2.15. The number of anilines is 1. The van der Waals surface area contributed by atoms with E-state index in [1.807, 2.05) is 0 Å². The highest BCUT2D eigenvalue weighted by atomic mass is 16.5. The van der Waals surface area contributed by atoms with E-state index in [0.717, 1.165) is 13.2 Å². The number of methoxy groups -OCH3 is 2. The molecule has 1 amide bonds. The van der Waals surface area contributed by atoms with E-state index in [-0.39, 0.29) is 16.9 Å². The molecule has 1 aromatic rings. The third-order valence-electron chi connectivity index (χ3n) is 2.33. The SMILES string of the molecule is COC(=O)/C=C(/Nc1ccccc1C(N)=O)C(=O)OC. The number of nitrogens with one attached hydrogen (secondary N) is 1. The molecule has 0 aromatic heterocycles. The third-order valence-corrected chi connectivity index (χ3v) is 2.33. The molecule has 106 valence electrons. The van der Waals surface area contributed by atoms with Crippen LogP contribution >= 0.6 is 0 Å². The van der Waals surface area contributed by atoms with Gasteiger partial charge in [0.2, 0.25) is 0 Å². The monoisotopic (exact) mass is 278 g/mol. The van der Waals surface area contributed by atoms with Crippen molar-refractivity contribution in [2.24, 2.45) is 5.73 Å². The fourth-order valence-electron chi connectivity index (χ4n) is 1.38. The number of carbonyl (C=O) groups excluding carboxylic acids is 3. The van der Waals surface area contributed by atoms with Gasteiger partial charge in [-0.05, 0) is 12.1 Å². The number of nitrogens with two attached hydrogens (primary N) is 1. The summed E-state index contributed by atoms with van der Waals surface area (Å²) >= 11 is 0. The molecule has 0 spiro atoms. The molecule has 0 radical (unpaired) electrons. The molecule has 7 nitrogen and oxygen atoms in total. The van der Waals surface area contributed by atoms with Crippen molar-refractivity contribution >= 4 is 23.5 Å². The standard InChI is InChI=1S/C13H14N2O5/c1-19-11(16)7-10(13(18)20-2)15-9-6-4-3-5-8(9)12(14)17/h3-7,15H,1-2H3,(H2,14,17)/b10-7+. The lowest BCUT2D eigenvalue weighted by atomic mass is 10.1. The van der Waals surface area contributed by atoms with Crippen molar-refractivity contribution < 1.29 is 23.9 Å². The van der Waals surface area contributed by atoms with Crippen LogP contribution in [0, 0.1) is 0 Å². The van der Waals surface area contributed by atoms with E-state index in [0.29, 0.717) is 0 Å². The number of ether oxygens (including phenoxy) is 2. The van der Waals surface area contributed by atoms with Crippen molar-refractivity contribution in [3.8, 4) is 0 Å². The van der Waals surface area contributed by atoms with Crippen molar-refractivity contribution in [3.05, 3.63) is 41.6 Å². The van der Waals surface area contributed by atoms with Crippen LogP contribution in [0.25, 0.3) is 0 Å². The summed E-state index contributed by atoms with van der Waals surface area (Å²) in [6.45, 7) is 0. The maximum Gasteiger partial charge on any atom is 0.354 e. The van der Waals surface area contributed by atoms with Crippen LogP contribution in [0.5, 0.6) is 0 Å². The molecule has 0 saturated carbocycles. The first kappa shape index (κ1) is 15.2. The fourth-order valence-corrected chi connectivity index (χ4v) is 1.38. The number of esters is 2. The molecule has 0 fully saturated rings. The zero-order valence-electron chi connectivity index (χ0n) is 11.0. The number of carbonyl (C=O) groups is 3. The summed E-state index contributed by atoms with van der Waals surface area (Å²) in [5.41, 5.74) is 5.50. The molecule has 3 N–H and O–H groups in total. The van der Waals surface area contributed by atoms with Crippen molar-refractivity contribution in [2.45, 2.75) is 0 Å². The summed E-state index contributed by atoms with van der Waals surface area (Å²) in [4.78, 5) is 34.1. The molecule has 0 unspecified atom stereocenters. The van der Waals surface area contributed by atoms with Gasteiger partial charge in [-0.2, -0.15) is 0 Å². The van der Waals surface area contributed by atoms with Crippen molar-refractivity contribution in [3.63, 3.8) is 0 Å². The van der Waals surface area contributed by atoms with Gasteiger partial charge in [-0.1, -0.05) is 12.1 Å². The van der Waals surface area contributed by atoms with Crippen LogP contribution in [0.2, 0.25) is 0 Å². The zero-order valence-corrected chi connectivity index (χ0v) is 11.0. The number of para-hydroxylation sites is 1. The Morgan fingerprint density at radius 2 is 1.80 bits per heavy atom. The Hall–Kier alpha value is -2.83. The molecule has 1 aromatic carbocycles. The summed E-state index contributed by atoms with van der Waals surface area (Å²) < 4.78 is 8.97. The minimum atomic E-state index is -0.783. The summed E-state index contributed by atoms with van der Waals surface area (Å²) in [5.74, 6) is -2.19. The summed E-state index contributed by atoms with van der Waals surface area (Å²) in [6, 6.07) is 6.28. The number of hydrogen-bond acceptors (Lipinski definition) is 6. The minimum Gasteiger partial charge on any atom is -0.466 e. The molecule has 0 bridgehead atoms. The van der Waals surface area contributed by atoms with E-state index < -0.39 is 17.8 Å². The van der Waals surface area contributed by atoms with Gasteiger partial charge in [0, 0.05) is 0 Å². The lowest BCUT2D eigenvalue weighted by molar-refractivity contribution is -0.138. The number of amides is 1. The average molecular weight is 278 g/mol. The maximum atomic E-state index is 11.6. The average Bonchev–Trinajstić information content (AvgIpc) is 2.45. The molecule has 0 saturated heterocycles. The van der Waals surface area contributed by atoms with Crippen LogP contribution in [0.4, 0.5) is 5.69 Å². The zero-order chi connectivity index (χ0) is 15.1. The predicted molar refractivity (Wildman–Crippen MR) is 70.7 cm³/mol. The summed E-state index contributed by atoms with van der Waals surface area (Å²) in [7, 11) is 2.33. The topological polar surface area (TPSA) is 108 Å². The molecular formula is C13H14N2O5. The van der Waals surface area contributed by atoms with Gasteiger partial charge in [0.25, 0.3) is 5.91 Å². The lowest BCUT2D eigenvalue weighted by Gasteiger charge is -2.11. The van der Waals surface area contributed by atoms with Crippen LogP contribution in [0.3, 0.4) is 0 Å². The first-order valence-corrected chi connectivity index (χ1v) is 5.53. The lowest BCUT2D eigenvalue weighted by Crippen LogP contribution is -2.19. The minimum absolute atomic E-state index is 0.173. The molecule has 0 heterocycles. The Balaban J connectivity index is 3.14. The fraction of sp³-hybridized carbons (Fsp3) is 0.154. The van der Waals surface area contributed by atoms with Crippen molar-refractivity contribution in [2.75, 3.05) is 19.5 Å². The largest absolute Gasteiger partial charge is 0.466 e. The van der Waals surface area contributed by atoms with Gasteiger partial charge in [0.15, 0.2) is 0 Å². The van der Waals surface area contributed by atoms with Crippen LogP contribution < -0.4 is 11.1 Å². The Bertz CT molecular complexity index is 566. The second kappa shape index (κ2) is 6.93. The summed E-state index contributed by atoms with van der Waals surface area (Å²) in [5, 5.41) is 2.63. The first-order chi connectivity index (χ1) is 9.49. The van der Waals surface area contributed by atoms with Crippen LogP contribution in [0.1, 0.15) is 10.4 Å². The van der Waals surface area contributed by atoms with E-state index in [1.165, 1.54) is 19.2 Å². The quantitative estimate of drug-likeness (QED) is 0.597. The van der Waals surface area contributed by atoms with Crippen molar-refractivity contribution in [1.29, 1.82) is 0 Å². The number of primary amides is 1. The molecule has 1 rings (SSSR count). The van der Waals surface area contributed by atoms with Gasteiger partial charge < -0.3 is 20.5 Å². The maximum absolute atomic E-state index is 11.6. The second-order valence-electron chi connectivity index (χ2n) is 3.61. The highest BCUT2D eigenvalue weighted by molar-refractivity contribution is 6.02. The van der Waals surface area contributed by atoms with E-state index in [2.05, 4.69) is 14.8 Å². The highest BCUT2D eigenvalue weighted by Crippen LogP contribution is 2.17. The molecular weight excluding hydrogens is 264 g/mol. The van der Waals surface area contributed by atoms with E-state index in [9.17, 15) is 14.4 Å². The van der Waals surface area contributed by atoms with Crippen LogP contribution in [0.15, 0.2) is 36.0 Å². The Morgan fingerprint density at radius 1 is 1.15 bits per heavy atom. The van der Waals surface area contributed by atoms with Crippen LogP contribution in [-0.4, -0.2) is 32.1 Å². The molecule has 0 aliphatic carbocycles. The van der Waals surface area contributed by atoms with Gasteiger partial charge in [-0.25, -0.2) is 9.59 Å². The van der Waals surface area contributed by atoms with Crippen molar-refractivity contribution in [1.82, 2.24) is 0 Å². The molecule has 0 aliphatic heterocycles. The molecule has 20 heavy (non-hydrogen) atoms. The number of rotatable bonds is 5. The molecule has 0 aliphatic rings. The van der Waals surface area contributed by atoms with E-state index in [1.54, 1.807) is 12.1 Å². The van der Waals surface area contributed by atoms with Gasteiger partial charge in [0.1, 0.15) is 5.70 Å². The van der Waals surface area contributed by atoms with Gasteiger partial charge >= 0.3 is 11.9 Å². The van der Waals surface area contributed by atoms with Gasteiger partial charge in [-0.15, -0.1) is 0 Å². The Kier molecular flexibility index (Phi) is 5.28. The van der Waals surface area contributed by atoms with Crippen LogP contribution in [-0.2, 0) is 19.1 Å². The summed E-state index contributed by atoms with van der Waals surface area (Å²) in [6.07, 6.45) is 0.920. The third kappa shape index (κ3) is 3.84. The second-order valence-corrected chi connectivity index (χ2v) is 3.61. The first-order valence-electron chi connectivity index (χ1n) is 5.53. The van der Waals surface area contributed by atoms with E-state index in [4.69, 9.17) is 5.73 Å². The normalized spacial score (nSPS) is 10.6. The number of benzene rings is 1. The van der Waals surface area contributed by atoms with E-state index >= 15 is 0 Å². The molecule has 0 atom stereocenters. The Labute approximate surface area is 115 Å². The predicted octanol–water partition coefficient (Wildman–Crippen LogP) is 0.427. The number of hydrogen-bond donors (Lipinski definition) is 2. The Morgan fingerprint density at radius 3 is 2.35 bits per heavy atom. The smallest absolute Gasteiger partial charge is 0.354 e. The molecule has 7 heteroatoms. The van der Waals surface area contributed by atoms with Gasteiger partial charge in [-0.3, -0.25) is 4.79 Å².